The predicted molar refractivity (Wildman–Crippen MR) is 92.2 cm³/mol. The maximum Gasteiger partial charge on any atom is 0.319 e. The molecule has 130 valence electrons. The van der Waals surface area contributed by atoms with E-state index >= 15 is 0 Å². The summed E-state index contributed by atoms with van der Waals surface area (Å²) in [6, 6.07) is 5.39. The minimum Gasteiger partial charge on any atom is -0.339 e. The first kappa shape index (κ1) is 18.0. The fourth-order valence-electron chi connectivity index (χ4n) is 2.75. The number of amides is 3. The summed E-state index contributed by atoms with van der Waals surface area (Å²) in [6.45, 7) is 5.69. The van der Waals surface area contributed by atoms with Crippen LogP contribution in [0.15, 0.2) is 35.9 Å². The van der Waals surface area contributed by atoms with Gasteiger partial charge in [0.25, 0.3) is 0 Å². The van der Waals surface area contributed by atoms with Crippen LogP contribution in [0.5, 0.6) is 0 Å². The number of carbonyl (C=O) groups excluding carboxylic acids is 2. The molecule has 1 aliphatic heterocycles. The third kappa shape index (κ3) is 5.68. The molecular weight excluding hydrogens is 309 g/mol. The Morgan fingerprint density at radius 2 is 2.17 bits per heavy atom. The highest BCUT2D eigenvalue weighted by Gasteiger charge is 2.22. The molecule has 3 amide bonds. The molecule has 1 saturated heterocycles. The smallest absolute Gasteiger partial charge is 0.319 e. The second kappa shape index (κ2) is 8.47. The second-order valence-corrected chi connectivity index (χ2v) is 6.36. The molecule has 2 N–H and O–H groups in total. The fourth-order valence-corrected chi connectivity index (χ4v) is 2.75. The van der Waals surface area contributed by atoms with Crippen LogP contribution >= 0.6 is 0 Å². The summed E-state index contributed by atoms with van der Waals surface area (Å²) >= 11 is 0. The highest BCUT2D eigenvalue weighted by molar-refractivity contribution is 5.89. The number of benzene rings is 1. The van der Waals surface area contributed by atoms with Gasteiger partial charge >= 0.3 is 6.03 Å². The first-order valence-corrected chi connectivity index (χ1v) is 8.18. The molecule has 1 aliphatic rings. The van der Waals surface area contributed by atoms with Gasteiger partial charge in [0.15, 0.2) is 0 Å². The van der Waals surface area contributed by atoms with Crippen molar-refractivity contribution in [3.8, 4) is 0 Å². The number of urea groups is 1. The van der Waals surface area contributed by atoms with Crippen molar-refractivity contribution in [2.24, 2.45) is 5.92 Å². The van der Waals surface area contributed by atoms with Crippen molar-refractivity contribution in [3.63, 3.8) is 0 Å². The van der Waals surface area contributed by atoms with Gasteiger partial charge in [0.05, 0.1) is 0 Å². The number of nitrogens with one attached hydrogen (secondary N) is 2. The molecule has 1 aromatic carbocycles. The van der Waals surface area contributed by atoms with Crippen LogP contribution in [-0.2, 0) is 4.79 Å². The lowest BCUT2D eigenvalue weighted by molar-refractivity contribution is -0.127. The Morgan fingerprint density at radius 3 is 2.88 bits per heavy atom. The van der Waals surface area contributed by atoms with Crippen LogP contribution in [0.3, 0.4) is 0 Å². The minimum atomic E-state index is -0.395. The summed E-state index contributed by atoms with van der Waals surface area (Å²) in [7, 11) is 0. The molecule has 1 fully saturated rings. The second-order valence-electron chi connectivity index (χ2n) is 6.36. The van der Waals surface area contributed by atoms with Gasteiger partial charge in [-0.3, -0.25) is 4.79 Å². The number of hydrogen-bond donors (Lipinski definition) is 2. The van der Waals surface area contributed by atoms with Crippen molar-refractivity contribution >= 4 is 17.6 Å². The van der Waals surface area contributed by atoms with E-state index in [9.17, 15) is 14.0 Å². The maximum absolute atomic E-state index is 13.1. The van der Waals surface area contributed by atoms with Crippen LogP contribution in [0.1, 0.15) is 26.7 Å². The quantitative estimate of drug-likeness (QED) is 0.832. The van der Waals surface area contributed by atoms with Gasteiger partial charge in [0, 0.05) is 31.4 Å². The molecule has 0 bridgehead atoms. The summed E-state index contributed by atoms with van der Waals surface area (Å²) in [5, 5.41) is 5.40. The first-order valence-electron chi connectivity index (χ1n) is 8.18. The van der Waals surface area contributed by atoms with Crippen molar-refractivity contribution < 1.29 is 14.0 Å². The molecule has 1 heterocycles. The van der Waals surface area contributed by atoms with Gasteiger partial charge in [0.2, 0.25) is 5.91 Å². The van der Waals surface area contributed by atoms with Gasteiger partial charge < -0.3 is 15.5 Å². The van der Waals surface area contributed by atoms with E-state index in [1.165, 1.54) is 12.1 Å². The summed E-state index contributed by atoms with van der Waals surface area (Å²) < 4.78 is 13.1. The normalized spacial score (nSPS) is 17.1. The molecular formula is C18H24FN3O2. The number of piperidine rings is 1. The van der Waals surface area contributed by atoms with E-state index in [2.05, 4.69) is 10.6 Å². The van der Waals surface area contributed by atoms with E-state index in [1.54, 1.807) is 18.2 Å². The summed E-state index contributed by atoms with van der Waals surface area (Å²) in [4.78, 5) is 25.8. The number of allylic oxidation sites excluding steroid dienone is 1. The number of rotatable bonds is 4. The van der Waals surface area contributed by atoms with Gasteiger partial charge in [-0.2, -0.15) is 0 Å². The standard InChI is InChI=1S/C18H24FN3O2/c1-13(2)9-17(23)22-8-4-5-14(12-22)11-20-18(24)21-16-7-3-6-15(19)10-16/h3,6-7,9-10,14H,4-5,8,11-12H2,1-2H3,(H2,20,21,24)/t14-/m1/s1. The largest absolute Gasteiger partial charge is 0.339 e. The van der Waals surface area contributed by atoms with Crippen LogP contribution in [0.2, 0.25) is 0 Å². The Hall–Kier alpha value is -2.37. The van der Waals surface area contributed by atoms with E-state index < -0.39 is 5.82 Å². The summed E-state index contributed by atoms with van der Waals surface area (Å²) in [5.41, 5.74) is 1.39. The molecule has 0 unspecified atom stereocenters. The van der Waals surface area contributed by atoms with E-state index in [0.29, 0.717) is 18.8 Å². The molecule has 1 aromatic rings. The molecule has 0 aliphatic carbocycles. The molecule has 5 nitrogen and oxygen atoms in total. The molecule has 6 heteroatoms. The molecule has 0 aromatic heterocycles. The van der Waals surface area contributed by atoms with Gasteiger partial charge in [0.1, 0.15) is 5.82 Å². The topological polar surface area (TPSA) is 61.4 Å². The van der Waals surface area contributed by atoms with Crippen molar-refractivity contribution in [1.29, 1.82) is 0 Å². The number of nitrogens with zero attached hydrogens (tertiary/aromatic N) is 1. The molecule has 0 spiro atoms. The van der Waals surface area contributed by atoms with Gasteiger partial charge in [-0.05, 0) is 50.8 Å². The highest BCUT2D eigenvalue weighted by Crippen LogP contribution is 2.16. The summed E-state index contributed by atoms with van der Waals surface area (Å²) in [6.07, 6.45) is 3.55. The molecule has 24 heavy (non-hydrogen) atoms. The van der Waals surface area contributed by atoms with Crippen molar-refractivity contribution in [3.05, 3.63) is 41.7 Å². The van der Waals surface area contributed by atoms with E-state index in [4.69, 9.17) is 0 Å². The summed E-state index contributed by atoms with van der Waals surface area (Å²) in [5.74, 6) is -0.135. The lowest BCUT2D eigenvalue weighted by atomic mass is 9.98. The number of hydrogen-bond acceptors (Lipinski definition) is 2. The average Bonchev–Trinajstić information content (AvgIpc) is 2.52. The molecule has 0 radical (unpaired) electrons. The Morgan fingerprint density at radius 1 is 1.38 bits per heavy atom. The molecule has 1 atom stereocenters. The Balaban J connectivity index is 1.80. The third-order valence-corrected chi connectivity index (χ3v) is 3.88. The first-order chi connectivity index (χ1) is 11.4. The lowest BCUT2D eigenvalue weighted by Crippen LogP contribution is -2.43. The molecule has 0 saturated carbocycles. The zero-order valence-electron chi connectivity index (χ0n) is 14.1. The zero-order chi connectivity index (χ0) is 17.5. The van der Waals surface area contributed by atoms with Crippen molar-refractivity contribution in [1.82, 2.24) is 10.2 Å². The number of likely N-dealkylation sites (tertiary alicyclic amines) is 1. The van der Waals surface area contributed by atoms with Gasteiger partial charge in [-0.1, -0.05) is 11.6 Å². The lowest BCUT2D eigenvalue weighted by Gasteiger charge is -2.32. The Bertz CT molecular complexity index is 626. The van der Waals surface area contributed by atoms with Crippen LogP contribution in [0, 0.1) is 11.7 Å². The van der Waals surface area contributed by atoms with E-state index in [-0.39, 0.29) is 17.9 Å². The Kier molecular flexibility index (Phi) is 6.35. The van der Waals surface area contributed by atoms with Crippen LogP contribution in [-0.4, -0.2) is 36.5 Å². The minimum absolute atomic E-state index is 0.0314. The van der Waals surface area contributed by atoms with Gasteiger partial charge in [-0.15, -0.1) is 0 Å². The highest BCUT2D eigenvalue weighted by atomic mass is 19.1. The average molecular weight is 333 g/mol. The number of halogens is 1. The van der Waals surface area contributed by atoms with Crippen molar-refractivity contribution in [2.75, 3.05) is 25.0 Å². The monoisotopic (exact) mass is 333 g/mol. The SMILES string of the molecule is CC(C)=CC(=O)N1CCC[C@H](CNC(=O)Nc2cccc(F)c2)C1. The number of carbonyl (C=O) groups is 2. The van der Waals surface area contributed by atoms with E-state index in [0.717, 1.165) is 25.0 Å². The molecule has 2 rings (SSSR count). The van der Waals surface area contributed by atoms with Gasteiger partial charge in [-0.25, -0.2) is 9.18 Å². The van der Waals surface area contributed by atoms with Crippen molar-refractivity contribution in [2.45, 2.75) is 26.7 Å². The number of anilines is 1. The van der Waals surface area contributed by atoms with Crippen LogP contribution in [0.4, 0.5) is 14.9 Å². The van der Waals surface area contributed by atoms with Crippen LogP contribution in [0.25, 0.3) is 0 Å². The predicted octanol–water partition coefficient (Wildman–Crippen LogP) is 3.15. The van der Waals surface area contributed by atoms with E-state index in [1.807, 2.05) is 18.7 Å². The Labute approximate surface area is 141 Å². The zero-order valence-corrected chi connectivity index (χ0v) is 14.1. The third-order valence-electron chi connectivity index (χ3n) is 3.88. The fraction of sp³-hybridized carbons (Fsp3) is 0.444. The maximum atomic E-state index is 13.1. The van der Waals surface area contributed by atoms with Crippen LogP contribution < -0.4 is 10.6 Å².